The first-order valence-corrected chi connectivity index (χ1v) is 9.83. The molecule has 1 N–H and O–H groups in total. The van der Waals surface area contributed by atoms with Gasteiger partial charge in [-0.15, -0.1) is 11.3 Å². The van der Waals surface area contributed by atoms with Crippen LogP contribution in [0, 0.1) is 17.0 Å². The summed E-state index contributed by atoms with van der Waals surface area (Å²) in [6.45, 7) is 1.93. The van der Waals surface area contributed by atoms with Crippen molar-refractivity contribution in [1.82, 2.24) is 0 Å². The number of nitro groups is 1. The molecular formula is C20H16N2O8S. The highest BCUT2D eigenvalue weighted by atomic mass is 32.1. The molecule has 1 amide bonds. The number of fused-ring (bicyclic) bond motifs is 1. The standard InChI is InChI=1S/C20H16N2O8S/c1-10-15(8-11-3-4-12-14(7-11)29-9-28-12)31-19(17(10)20(24)27-2)21-18(23)13-5-6-16(30-13)22(25)26/h3-7H,8-9H2,1-2H3,(H,21,23). The minimum Gasteiger partial charge on any atom is -0.465 e. The average molecular weight is 444 g/mol. The summed E-state index contributed by atoms with van der Waals surface area (Å²) in [5.41, 5.74) is 1.82. The first-order chi connectivity index (χ1) is 14.9. The van der Waals surface area contributed by atoms with Crippen molar-refractivity contribution in [2.75, 3.05) is 19.2 Å². The lowest BCUT2D eigenvalue weighted by atomic mass is 10.1. The van der Waals surface area contributed by atoms with E-state index in [9.17, 15) is 19.7 Å². The molecule has 0 bridgehead atoms. The molecule has 31 heavy (non-hydrogen) atoms. The number of ether oxygens (including phenoxy) is 3. The summed E-state index contributed by atoms with van der Waals surface area (Å²) >= 11 is 1.21. The Morgan fingerprint density at radius 3 is 2.71 bits per heavy atom. The number of benzene rings is 1. The molecule has 2 aromatic heterocycles. The van der Waals surface area contributed by atoms with E-state index in [1.165, 1.54) is 24.5 Å². The van der Waals surface area contributed by atoms with Crippen molar-refractivity contribution in [2.45, 2.75) is 13.3 Å². The first kappa shape index (κ1) is 20.4. The van der Waals surface area contributed by atoms with E-state index in [2.05, 4.69) is 5.32 Å². The lowest BCUT2D eigenvalue weighted by molar-refractivity contribution is -0.402. The number of carbonyl (C=O) groups is 2. The molecule has 10 nitrogen and oxygen atoms in total. The number of furan rings is 1. The van der Waals surface area contributed by atoms with Crippen LogP contribution in [0.4, 0.5) is 10.9 Å². The van der Waals surface area contributed by atoms with Gasteiger partial charge >= 0.3 is 11.9 Å². The Morgan fingerprint density at radius 1 is 1.23 bits per heavy atom. The van der Waals surface area contributed by atoms with Crippen molar-refractivity contribution in [3.05, 3.63) is 67.8 Å². The Bertz CT molecular complexity index is 1200. The van der Waals surface area contributed by atoms with Crippen LogP contribution in [0.5, 0.6) is 11.5 Å². The fourth-order valence-electron chi connectivity index (χ4n) is 3.11. The fourth-order valence-corrected chi connectivity index (χ4v) is 4.34. The van der Waals surface area contributed by atoms with E-state index >= 15 is 0 Å². The number of thiophene rings is 1. The van der Waals surface area contributed by atoms with Gasteiger partial charge in [-0.3, -0.25) is 14.9 Å². The summed E-state index contributed by atoms with van der Waals surface area (Å²) in [5.74, 6) is -0.800. The minimum atomic E-state index is -0.741. The first-order valence-electron chi connectivity index (χ1n) is 9.02. The third-order valence-electron chi connectivity index (χ3n) is 4.66. The second-order valence-corrected chi connectivity index (χ2v) is 7.66. The molecule has 160 valence electrons. The van der Waals surface area contributed by atoms with E-state index in [1.807, 2.05) is 18.2 Å². The molecule has 0 unspecified atom stereocenters. The lowest BCUT2D eigenvalue weighted by Gasteiger charge is -2.04. The summed E-state index contributed by atoms with van der Waals surface area (Å²) in [5, 5.41) is 13.6. The van der Waals surface area contributed by atoms with Crippen molar-refractivity contribution in [2.24, 2.45) is 0 Å². The van der Waals surface area contributed by atoms with Crippen LogP contribution in [-0.4, -0.2) is 30.7 Å². The van der Waals surface area contributed by atoms with Crippen molar-refractivity contribution >= 4 is 34.1 Å². The maximum absolute atomic E-state index is 12.5. The highest BCUT2D eigenvalue weighted by Crippen LogP contribution is 2.38. The van der Waals surface area contributed by atoms with E-state index in [-0.39, 0.29) is 23.1 Å². The number of amides is 1. The van der Waals surface area contributed by atoms with E-state index in [4.69, 9.17) is 18.6 Å². The number of hydrogen-bond donors (Lipinski definition) is 1. The van der Waals surface area contributed by atoms with Gasteiger partial charge in [0.1, 0.15) is 9.92 Å². The van der Waals surface area contributed by atoms with Crippen LogP contribution in [0.25, 0.3) is 0 Å². The molecule has 0 spiro atoms. The van der Waals surface area contributed by atoms with Gasteiger partial charge in [-0.2, -0.15) is 0 Å². The molecule has 11 heteroatoms. The zero-order valence-electron chi connectivity index (χ0n) is 16.4. The molecule has 1 aliphatic rings. The average Bonchev–Trinajstić information content (AvgIpc) is 3.47. The zero-order valence-corrected chi connectivity index (χ0v) is 17.2. The number of hydrogen-bond acceptors (Lipinski definition) is 9. The highest BCUT2D eigenvalue weighted by Gasteiger charge is 2.26. The number of rotatable bonds is 6. The molecule has 0 saturated heterocycles. The molecule has 1 aromatic carbocycles. The van der Waals surface area contributed by atoms with E-state index in [0.717, 1.165) is 16.5 Å². The fraction of sp³-hybridized carbons (Fsp3) is 0.200. The molecule has 4 rings (SSSR count). The van der Waals surface area contributed by atoms with E-state index in [1.54, 1.807) is 6.92 Å². The molecule has 0 aliphatic carbocycles. The van der Waals surface area contributed by atoms with E-state index < -0.39 is 22.7 Å². The Kier molecular flexibility index (Phi) is 5.34. The monoisotopic (exact) mass is 444 g/mol. The molecule has 3 aromatic rings. The maximum Gasteiger partial charge on any atom is 0.433 e. The number of anilines is 1. The highest BCUT2D eigenvalue weighted by molar-refractivity contribution is 7.17. The van der Waals surface area contributed by atoms with Crippen LogP contribution in [0.2, 0.25) is 0 Å². The van der Waals surface area contributed by atoms with Gasteiger partial charge in [0, 0.05) is 11.3 Å². The van der Waals surface area contributed by atoms with Crippen molar-refractivity contribution in [3.8, 4) is 11.5 Å². The summed E-state index contributed by atoms with van der Waals surface area (Å²) < 4.78 is 20.5. The van der Waals surface area contributed by atoms with Crippen molar-refractivity contribution in [1.29, 1.82) is 0 Å². The van der Waals surface area contributed by atoms with Crippen LogP contribution in [0.1, 0.15) is 36.9 Å². The minimum absolute atomic E-state index is 0.171. The smallest absolute Gasteiger partial charge is 0.433 e. The maximum atomic E-state index is 12.5. The van der Waals surface area contributed by atoms with Gasteiger partial charge in [0.05, 0.1) is 18.7 Å². The van der Waals surface area contributed by atoms with Crippen LogP contribution in [-0.2, 0) is 11.2 Å². The largest absolute Gasteiger partial charge is 0.465 e. The third kappa shape index (κ3) is 3.94. The van der Waals surface area contributed by atoms with Gasteiger partial charge in [0.25, 0.3) is 5.91 Å². The van der Waals surface area contributed by atoms with Crippen molar-refractivity contribution in [3.63, 3.8) is 0 Å². The molecule has 0 radical (unpaired) electrons. The number of nitrogens with zero attached hydrogens (tertiary/aromatic N) is 1. The van der Waals surface area contributed by atoms with Gasteiger partial charge in [-0.25, -0.2) is 4.79 Å². The predicted octanol–water partition coefficient (Wildman–Crippen LogP) is 3.92. The van der Waals surface area contributed by atoms with Crippen LogP contribution < -0.4 is 14.8 Å². The Labute approximate surface area is 179 Å². The molecule has 3 heterocycles. The lowest BCUT2D eigenvalue weighted by Crippen LogP contribution is -2.13. The van der Waals surface area contributed by atoms with E-state index in [0.29, 0.717) is 23.5 Å². The quantitative estimate of drug-likeness (QED) is 0.344. The van der Waals surface area contributed by atoms with Crippen molar-refractivity contribution < 1.29 is 33.1 Å². The third-order valence-corrected chi connectivity index (χ3v) is 5.87. The van der Waals surface area contributed by atoms with Crippen LogP contribution in [0.15, 0.2) is 34.7 Å². The summed E-state index contributed by atoms with van der Waals surface area (Å²) in [6.07, 6.45) is 0.485. The van der Waals surface area contributed by atoms with Gasteiger partial charge in [0.2, 0.25) is 6.79 Å². The molecule has 0 fully saturated rings. The normalized spacial score (nSPS) is 11.9. The molecule has 0 atom stereocenters. The zero-order chi connectivity index (χ0) is 22.1. The molecule has 1 aliphatic heterocycles. The van der Waals surface area contributed by atoms with Gasteiger partial charge in [-0.1, -0.05) is 6.07 Å². The Morgan fingerprint density at radius 2 is 2.00 bits per heavy atom. The molecule has 0 saturated carbocycles. The number of esters is 1. The summed E-state index contributed by atoms with van der Waals surface area (Å²) in [7, 11) is 1.25. The number of nitrogens with one attached hydrogen (secondary N) is 1. The SMILES string of the molecule is COC(=O)c1c(NC(=O)c2ccc([N+](=O)[O-])o2)sc(Cc2ccc3c(c2)OCO3)c1C. The Balaban J connectivity index is 1.63. The van der Waals surface area contributed by atoms with Gasteiger partial charge in [0.15, 0.2) is 17.3 Å². The number of methoxy groups -OCH3 is 1. The van der Waals surface area contributed by atoms with Crippen LogP contribution in [0.3, 0.4) is 0 Å². The summed E-state index contributed by atoms with van der Waals surface area (Å²) in [4.78, 5) is 35.8. The second kappa shape index (κ2) is 8.11. The number of carbonyl (C=O) groups excluding carboxylic acids is 2. The summed E-state index contributed by atoms with van der Waals surface area (Å²) in [6, 6.07) is 7.85. The van der Waals surface area contributed by atoms with Crippen LogP contribution >= 0.6 is 11.3 Å². The second-order valence-electron chi connectivity index (χ2n) is 6.56. The predicted molar refractivity (Wildman–Crippen MR) is 109 cm³/mol. The molecular weight excluding hydrogens is 428 g/mol. The topological polar surface area (TPSA) is 130 Å². The van der Waals surface area contributed by atoms with Gasteiger partial charge in [-0.05, 0) is 36.2 Å². The Hall–Kier alpha value is -3.86. The van der Waals surface area contributed by atoms with Gasteiger partial charge < -0.3 is 23.9 Å².